The van der Waals surface area contributed by atoms with E-state index in [1.54, 1.807) is 13.0 Å². The third kappa shape index (κ3) is 3.27. The first-order valence-corrected chi connectivity index (χ1v) is 5.01. The molecule has 92 valence electrons. The lowest BCUT2D eigenvalue weighted by atomic mass is 9.96. The number of esters is 1. The molecule has 1 aromatic rings. The summed E-state index contributed by atoms with van der Waals surface area (Å²) in [6, 6.07) is 4.06. The zero-order valence-electron chi connectivity index (χ0n) is 9.57. The first kappa shape index (κ1) is 13.2. The number of rotatable bonds is 4. The number of carbonyl (C=O) groups is 2. The normalized spacial score (nSPS) is 11.9. The fourth-order valence-electron chi connectivity index (χ4n) is 1.49. The molecule has 1 N–H and O–H groups in total. The SMILES string of the molecule is COC(=O)C(Cc1cc(F)ccc1C)C(=O)O. The molecule has 0 saturated carbocycles. The third-order valence-electron chi connectivity index (χ3n) is 2.52. The number of aryl methyl sites for hydroxylation is 1. The zero-order valence-corrected chi connectivity index (χ0v) is 9.57. The number of carbonyl (C=O) groups excluding carboxylic acids is 1. The highest BCUT2D eigenvalue weighted by Gasteiger charge is 2.28. The van der Waals surface area contributed by atoms with Gasteiger partial charge in [0.2, 0.25) is 0 Å². The van der Waals surface area contributed by atoms with Crippen LogP contribution in [0.3, 0.4) is 0 Å². The number of aliphatic carboxylic acids is 1. The molecule has 0 radical (unpaired) electrons. The van der Waals surface area contributed by atoms with Gasteiger partial charge in [0.15, 0.2) is 5.92 Å². The average Bonchev–Trinajstić information content (AvgIpc) is 2.28. The van der Waals surface area contributed by atoms with Crippen LogP contribution in [0.15, 0.2) is 18.2 Å². The lowest BCUT2D eigenvalue weighted by Crippen LogP contribution is -2.27. The Bertz CT molecular complexity index is 442. The molecule has 0 amide bonds. The number of carboxylic acids is 1. The van der Waals surface area contributed by atoms with Crippen LogP contribution in [0.4, 0.5) is 4.39 Å². The highest BCUT2D eigenvalue weighted by molar-refractivity contribution is 5.94. The Kier molecular flexibility index (Phi) is 4.20. The van der Waals surface area contributed by atoms with Crippen LogP contribution in [0.25, 0.3) is 0 Å². The number of carboxylic acid groups (broad SMARTS) is 1. The van der Waals surface area contributed by atoms with E-state index in [4.69, 9.17) is 5.11 Å². The van der Waals surface area contributed by atoms with Crippen molar-refractivity contribution in [1.29, 1.82) is 0 Å². The molecule has 5 heteroatoms. The van der Waals surface area contributed by atoms with Crippen molar-refractivity contribution in [3.05, 3.63) is 35.1 Å². The van der Waals surface area contributed by atoms with Gasteiger partial charge in [0.1, 0.15) is 5.82 Å². The van der Waals surface area contributed by atoms with Gasteiger partial charge in [-0.2, -0.15) is 0 Å². The van der Waals surface area contributed by atoms with Crippen LogP contribution in [0.1, 0.15) is 11.1 Å². The number of hydrogen-bond donors (Lipinski definition) is 1. The fourth-order valence-corrected chi connectivity index (χ4v) is 1.49. The molecule has 1 aromatic carbocycles. The van der Waals surface area contributed by atoms with Gasteiger partial charge in [-0.3, -0.25) is 9.59 Å². The summed E-state index contributed by atoms with van der Waals surface area (Å²) >= 11 is 0. The van der Waals surface area contributed by atoms with Gasteiger partial charge in [-0.1, -0.05) is 6.07 Å². The summed E-state index contributed by atoms with van der Waals surface area (Å²) in [5.74, 6) is -3.87. The highest BCUT2D eigenvalue weighted by atomic mass is 19.1. The number of benzene rings is 1. The molecular weight excluding hydrogens is 227 g/mol. The second-order valence-corrected chi connectivity index (χ2v) is 3.69. The Morgan fingerprint density at radius 2 is 2.12 bits per heavy atom. The van der Waals surface area contributed by atoms with Crippen LogP contribution in [-0.4, -0.2) is 24.2 Å². The van der Waals surface area contributed by atoms with Crippen LogP contribution in [-0.2, 0) is 20.7 Å². The van der Waals surface area contributed by atoms with E-state index >= 15 is 0 Å². The van der Waals surface area contributed by atoms with E-state index in [1.807, 2.05) is 0 Å². The van der Waals surface area contributed by atoms with E-state index in [2.05, 4.69) is 4.74 Å². The molecule has 1 atom stereocenters. The van der Waals surface area contributed by atoms with Gasteiger partial charge in [0.05, 0.1) is 7.11 Å². The average molecular weight is 240 g/mol. The molecule has 0 saturated heterocycles. The summed E-state index contributed by atoms with van der Waals surface area (Å²) in [6.07, 6.45) is -0.0778. The van der Waals surface area contributed by atoms with E-state index in [0.29, 0.717) is 5.56 Å². The number of hydrogen-bond acceptors (Lipinski definition) is 3. The van der Waals surface area contributed by atoms with Gasteiger partial charge < -0.3 is 9.84 Å². The molecule has 0 heterocycles. The minimum atomic E-state index is -1.31. The molecule has 0 fully saturated rings. The first-order chi connectivity index (χ1) is 7.95. The Morgan fingerprint density at radius 3 is 2.65 bits per heavy atom. The molecule has 1 unspecified atom stereocenters. The standard InChI is InChI=1S/C12H13FO4/c1-7-3-4-9(13)5-8(7)6-10(11(14)15)12(16)17-2/h3-5,10H,6H2,1-2H3,(H,14,15). The van der Waals surface area contributed by atoms with Crippen LogP contribution >= 0.6 is 0 Å². The Balaban J connectivity index is 2.97. The molecule has 17 heavy (non-hydrogen) atoms. The number of ether oxygens (including phenoxy) is 1. The monoisotopic (exact) mass is 240 g/mol. The predicted octanol–water partition coefficient (Wildman–Crippen LogP) is 1.55. The minimum absolute atomic E-state index is 0.0778. The predicted molar refractivity (Wildman–Crippen MR) is 58.0 cm³/mol. The van der Waals surface area contributed by atoms with Crippen LogP contribution < -0.4 is 0 Å². The van der Waals surface area contributed by atoms with Crippen molar-refractivity contribution >= 4 is 11.9 Å². The van der Waals surface area contributed by atoms with Gasteiger partial charge in [-0.05, 0) is 36.6 Å². The lowest BCUT2D eigenvalue weighted by molar-refractivity contribution is -0.156. The Hall–Kier alpha value is -1.91. The zero-order chi connectivity index (χ0) is 13.0. The van der Waals surface area contributed by atoms with Gasteiger partial charge in [0.25, 0.3) is 0 Å². The van der Waals surface area contributed by atoms with Crippen molar-refractivity contribution in [3.63, 3.8) is 0 Å². The fraction of sp³-hybridized carbons (Fsp3) is 0.333. The Morgan fingerprint density at radius 1 is 1.47 bits per heavy atom. The largest absolute Gasteiger partial charge is 0.481 e. The molecule has 0 aliphatic heterocycles. The van der Waals surface area contributed by atoms with Crippen LogP contribution in [0, 0.1) is 18.7 Å². The van der Waals surface area contributed by atoms with Crippen molar-refractivity contribution < 1.29 is 23.8 Å². The molecular formula is C12H13FO4. The smallest absolute Gasteiger partial charge is 0.320 e. The maximum Gasteiger partial charge on any atom is 0.320 e. The molecule has 0 aliphatic rings. The summed E-state index contributed by atoms with van der Waals surface area (Å²) in [6.45, 7) is 1.73. The summed E-state index contributed by atoms with van der Waals surface area (Å²) in [4.78, 5) is 22.2. The van der Waals surface area contributed by atoms with Crippen molar-refractivity contribution in [2.24, 2.45) is 5.92 Å². The van der Waals surface area contributed by atoms with Crippen LogP contribution in [0.5, 0.6) is 0 Å². The van der Waals surface area contributed by atoms with E-state index in [9.17, 15) is 14.0 Å². The summed E-state index contributed by atoms with van der Waals surface area (Å²) in [5, 5.41) is 8.90. The lowest BCUT2D eigenvalue weighted by Gasteiger charge is -2.11. The topological polar surface area (TPSA) is 63.6 Å². The first-order valence-electron chi connectivity index (χ1n) is 5.01. The van der Waals surface area contributed by atoms with Gasteiger partial charge in [-0.15, -0.1) is 0 Å². The van der Waals surface area contributed by atoms with Crippen molar-refractivity contribution in [2.75, 3.05) is 7.11 Å². The number of halogens is 1. The molecule has 0 spiro atoms. The summed E-state index contributed by atoms with van der Waals surface area (Å²) < 4.78 is 17.4. The van der Waals surface area contributed by atoms with E-state index in [1.165, 1.54) is 12.1 Å². The van der Waals surface area contributed by atoms with E-state index in [-0.39, 0.29) is 6.42 Å². The summed E-state index contributed by atoms with van der Waals surface area (Å²) in [7, 11) is 1.12. The number of methoxy groups -OCH3 is 1. The third-order valence-corrected chi connectivity index (χ3v) is 2.52. The minimum Gasteiger partial charge on any atom is -0.481 e. The molecule has 1 rings (SSSR count). The van der Waals surface area contributed by atoms with Crippen molar-refractivity contribution in [2.45, 2.75) is 13.3 Å². The Labute approximate surface area is 98.0 Å². The van der Waals surface area contributed by atoms with E-state index < -0.39 is 23.7 Å². The van der Waals surface area contributed by atoms with Crippen LogP contribution in [0.2, 0.25) is 0 Å². The second kappa shape index (κ2) is 5.43. The van der Waals surface area contributed by atoms with E-state index in [0.717, 1.165) is 12.7 Å². The summed E-state index contributed by atoms with van der Waals surface area (Å²) in [5.41, 5.74) is 1.23. The second-order valence-electron chi connectivity index (χ2n) is 3.69. The molecule has 0 aliphatic carbocycles. The molecule has 0 bridgehead atoms. The maximum absolute atomic E-state index is 13.0. The van der Waals surface area contributed by atoms with Crippen molar-refractivity contribution in [3.8, 4) is 0 Å². The van der Waals surface area contributed by atoms with Gasteiger partial charge in [0, 0.05) is 0 Å². The highest BCUT2D eigenvalue weighted by Crippen LogP contribution is 2.16. The molecule has 0 aromatic heterocycles. The molecule has 4 nitrogen and oxygen atoms in total. The maximum atomic E-state index is 13.0. The van der Waals surface area contributed by atoms with Gasteiger partial charge >= 0.3 is 11.9 Å². The van der Waals surface area contributed by atoms with Gasteiger partial charge in [-0.25, -0.2) is 4.39 Å². The quantitative estimate of drug-likeness (QED) is 0.640. The van der Waals surface area contributed by atoms with Crippen molar-refractivity contribution in [1.82, 2.24) is 0 Å².